The van der Waals surface area contributed by atoms with E-state index in [1.54, 1.807) is 54.6 Å². The predicted octanol–water partition coefficient (Wildman–Crippen LogP) is 6.46. The minimum atomic E-state index is -4.99. The maximum Gasteiger partial charge on any atom is 0.416 e. The highest BCUT2D eigenvalue weighted by molar-refractivity contribution is 6.31. The summed E-state index contributed by atoms with van der Waals surface area (Å²) in [5, 5.41) is 23.9. The number of hydrogen-bond donors (Lipinski definition) is 2. The number of rotatable bonds is 6. The van der Waals surface area contributed by atoms with Crippen molar-refractivity contribution in [3.8, 4) is 11.3 Å². The third-order valence-electron chi connectivity index (χ3n) is 6.51. The summed E-state index contributed by atoms with van der Waals surface area (Å²) >= 11 is 6.28. The largest absolute Gasteiger partial charge is 0.416 e. The molecule has 13 heteroatoms. The van der Waals surface area contributed by atoms with E-state index in [2.05, 4.69) is 20.8 Å². The van der Waals surface area contributed by atoms with Gasteiger partial charge in [-0.05, 0) is 29.8 Å². The first-order chi connectivity index (χ1) is 18.9. The Kier molecular flexibility index (Phi) is 7.32. The van der Waals surface area contributed by atoms with Gasteiger partial charge in [0.15, 0.2) is 0 Å². The molecule has 0 amide bonds. The second-order valence-electron chi connectivity index (χ2n) is 9.19. The third-order valence-corrected chi connectivity index (χ3v) is 6.86. The zero-order chi connectivity index (χ0) is 28.7. The number of alkyl halides is 6. The molecule has 2 heterocycles. The lowest BCUT2D eigenvalue weighted by Gasteiger charge is -2.24. The number of nitrogens with one attached hydrogen (secondary N) is 1. The number of aromatic nitrogens is 3. The Hall–Kier alpha value is -3.90. The molecule has 0 aliphatic carbocycles. The Balaban J connectivity index is 1.58. The topological polar surface area (TPSA) is 75.3 Å². The predicted molar refractivity (Wildman–Crippen MR) is 136 cm³/mol. The fourth-order valence-electron chi connectivity index (χ4n) is 4.64. The quantitative estimate of drug-likeness (QED) is 0.257. The van der Waals surface area contributed by atoms with Crippen LogP contribution in [0, 0.1) is 0 Å². The van der Waals surface area contributed by atoms with Crippen molar-refractivity contribution < 1.29 is 31.4 Å². The van der Waals surface area contributed by atoms with E-state index in [1.807, 2.05) is 0 Å². The fourth-order valence-corrected chi connectivity index (χ4v) is 4.88. The molecule has 5 rings (SSSR count). The van der Waals surface area contributed by atoms with E-state index in [0.29, 0.717) is 39.7 Å². The summed E-state index contributed by atoms with van der Waals surface area (Å²) in [6, 6.07) is 16.0. The molecule has 0 bridgehead atoms. The van der Waals surface area contributed by atoms with Crippen LogP contribution in [0.4, 0.5) is 26.3 Å². The van der Waals surface area contributed by atoms with E-state index < -0.39 is 48.1 Å². The van der Waals surface area contributed by atoms with Crippen LogP contribution in [0.2, 0.25) is 5.02 Å². The van der Waals surface area contributed by atoms with Crippen LogP contribution in [0.15, 0.2) is 77.9 Å². The molecule has 6 nitrogen and oxygen atoms in total. The van der Waals surface area contributed by atoms with Gasteiger partial charge in [0.2, 0.25) is 0 Å². The lowest BCUT2D eigenvalue weighted by Crippen LogP contribution is -2.33. The van der Waals surface area contributed by atoms with Crippen LogP contribution in [0.25, 0.3) is 11.3 Å². The minimum absolute atomic E-state index is 0.0791. The lowest BCUT2D eigenvalue weighted by molar-refractivity contribution is -0.143. The molecule has 2 unspecified atom stereocenters. The SMILES string of the molecule is O[C@H](c1ccccc1Cl)C1NN=CC1c1nnn(Cc2cc(C(F)(F)F)cc(C(F)(F)F)c2)c1-c1ccccc1. The van der Waals surface area contributed by atoms with E-state index in [4.69, 9.17) is 11.6 Å². The number of hydrazone groups is 1. The van der Waals surface area contributed by atoms with Crippen molar-refractivity contribution in [2.24, 2.45) is 5.10 Å². The molecule has 0 saturated heterocycles. The van der Waals surface area contributed by atoms with Gasteiger partial charge in [-0.2, -0.15) is 31.4 Å². The molecule has 4 aromatic rings. The zero-order valence-electron chi connectivity index (χ0n) is 20.3. The van der Waals surface area contributed by atoms with Gasteiger partial charge < -0.3 is 10.5 Å². The van der Waals surface area contributed by atoms with Crippen LogP contribution in [0.3, 0.4) is 0 Å². The summed E-state index contributed by atoms with van der Waals surface area (Å²) in [7, 11) is 0. The number of aliphatic hydroxyl groups is 1. The van der Waals surface area contributed by atoms with E-state index in [1.165, 1.54) is 10.9 Å². The number of hydrogen-bond acceptors (Lipinski definition) is 5. The van der Waals surface area contributed by atoms with Crippen LogP contribution in [0.5, 0.6) is 0 Å². The molecule has 3 atom stereocenters. The Labute approximate surface area is 228 Å². The van der Waals surface area contributed by atoms with Crippen LogP contribution >= 0.6 is 11.6 Å². The van der Waals surface area contributed by atoms with Crippen molar-refractivity contribution >= 4 is 17.8 Å². The first-order valence-electron chi connectivity index (χ1n) is 11.9. The Morgan fingerprint density at radius 2 is 1.52 bits per heavy atom. The van der Waals surface area contributed by atoms with Gasteiger partial charge in [-0.3, -0.25) is 0 Å². The molecule has 0 fully saturated rings. The number of nitrogens with zero attached hydrogens (tertiary/aromatic N) is 4. The average Bonchev–Trinajstić information content (AvgIpc) is 3.55. The lowest BCUT2D eigenvalue weighted by atomic mass is 9.88. The molecular weight excluding hydrogens is 560 g/mol. The molecular formula is C27H20ClF6N5O. The van der Waals surface area contributed by atoms with Crippen molar-refractivity contribution in [2.75, 3.05) is 0 Å². The Morgan fingerprint density at radius 3 is 2.15 bits per heavy atom. The zero-order valence-corrected chi connectivity index (χ0v) is 21.1. The van der Waals surface area contributed by atoms with Crippen LogP contribution < -0.4 is 5.43 Å². The molecule has 208 valence electrons. The first kappa shape index (κ1) is 27.7. The van der Waals surface area contributed by atoms with Gasteiger partial charge in [0, 0.05) is 22.4 Å². The fraction of sp³-hybridized carbons (Fsp3) is 0.222. The van der Waals surface area contributed by atoms with E-state index in [0.717, 1.165) is 0 Å². The molecule has 40 heavy (non-hydrogen) atoms. The van der Waals surface area contributed by atoms with Gasteiger partial charge in [-0.1, -0.05) is 65.3 Å². The normalized spacial score (nSPS) is 18.1. The number of benzene rings is 3. The van der Waals surface area contributed by atoms with Crippen LogP contribution in [-0.2, 0) is 18.9 Å². The Morgan fingerprint density at radius 1 is 0.900 bits per heavy atom. The maximum atomic E-state index is 13.5. The number of halogens is 7. The van der Waals surface area contributed by atoms with E-state index in [9.17, 15) is 31.4 Å². The summed E-state index contributed by atoms with van der Waals surface area (Å²) < 4.78 is 82.0. The highest BCUT2D eigenvalue weighted by Gasteiger charge is 2.39. The van der Waals surface area contributed by atoms with Gasteiger partial charge in [0.05, 0.1) is 35.3 Å². The van der Waals surface area contributed by atoms with Crippen molar-refractivity contribution in [3.05, 3.63) is 106 Å². The monoisotopic (exact) mass is 579 g/mol. The molecule has 2 N–H and O–H groups in total. The summed E-state index contributed by atoms with van der Waals surface area (Å²) in [5.41, 5.74) is 1.42. The number of aliphatic hydroxyl groups excluding tert-OH is 1. The van der Waals surface area contributed by atoms with Crippen LogP contribution in [-0.4, -0.2) is 32.4 Å². The summed E-state index contributed by atoms with van der Waals surface area (Å²) in [6.07, 6.45) is -9.59. The van der Waals surface area contributed by atoms with Gasteiger partial charge in [-0.15, -0.1) is 5.10 Å². The summed E-state index contributed by atoms with van der Waals surface area (Å²) in [6.45, 7) is -0.431. The molecule has 0 spiro atoms. The maximum absolute atomic E-state index is 13.5. The summed E-state index contributed by atoms with van der Waals surface area (Å²) in [5.74, 6) is -0.664. The van der Waals surface area contributed by atoms with Crippen molar-refractivity contribution in [1.82, 2.24) is 20.4 Å². The summed E-state index contributed by atoms with van der Waals surface area (Å²) in [4.78, 5) is 0. The first-order valence-corrected chi connectivity index (χ1v) is 12.3. The van der Waals surface area contributed by atoms with Gasteiger partial charge >= 0.3 is 12.4 Å². The van der Waals surface area contributed by atoms with E-state index in [-0.39, 0.29) is 11.6 Å². The highest BCUT2D eigenvalue weighted by Crippen LogP contribution is 2.39. The van der Waals surface area contributed by atoms with E-state index >= 15 is 0 Å². The van der Waals surface area contributed by atoms with Gasteiger partial charge in [-0.25, -0.2) is 4.68 Å². The second-order valence-corrected chi connectivity index (χ2v) is 9.59. The average molecular weight is 580 g/mol. The smallest absolute Gasteiger partial charge is 0.386 e. The van der Waals surface area contributed by atoms with Crippen molar-refractivity contribution in [2.45, 2.75) is 37.0 Å². The molecule has 1 aliphatic heterocycles. The highest BCUT2D eigenvalue weighted by atomic mass is 35.5. The molecule has 1 aliphatic rings. The molecule has 3 aromatic carbocycles. The second kappa shape index (κ2) is 10.6. The molecule has 1 aromatic heterocycles. The van der Waals surface area contributed by atoms with Gasteiger partial charge in [0.25, 0.3) is 0 Å². The Bertz CT molecular complexity index is 1500. The van der Waals surface area contributed by atoms with Crippen molar-refractivity contribution in [1.29, 1.82) is 0 Å². The van der Waals surface area contributed by atoms with Crippen LogP contribution in [0.1, 0.15) is 40.0 Å². The third kappa shape index (κ3) is 5.54. The van der Waals surface area contributed by atoms with Gasteiger partial charge in [0.1, 0.15) is 11.8 Å². The molecule has 0 radical (unpaired) electrons. The standard InChI is InChI=1S/C27H20ClF6N5O/c28-21-9-5-4-8-19(21)25(40)23-20(13-35-36-23)22-24(16-6-2-1-3-7-16)39(38-37-22)14-15-10-17(26(29,30)31)12-18(11-15)27(32,33)34/h1-13,20,23,25,36,40H,14H2/t20?,23?,25-/m1/s1. The molecule has 0 saturated carbocycles. The minimum Gasteiger partial charge on any atom is -0.386 e. The van der Waals surface area contributed by atoms with Crippen molar-refractivity contribution in [3.63, 3.8) is 0 Å².